The van der Waals surface area contributed by atoms with Crippen molar-refractivity contribution in [1.29, 1.82) is 0 Å². The lowest BCUT2D eigenvalue weighted by atomic mass is 10.0. The zero-order chi connectivity index (χ0) is 10.8. The van der Waals surface area contributed by atoms with E-state index in [1.54, 1.807) is 0 Å². The summed E-state index contributed by atoms with van der Waals surface area (Å²) in [5.41, 5.74) is 2.17. The molecule has 1 aromatic heterocycles. The molecule has 4 heteroatoms. The van der Waals surface area contributed by atoms with Crippen LogP contribution in [0.5, 0.6) is 0 Å². The molecule has 0 radical (unpaired) electrons. The molecule has 2 rings (SSSR count). The Bertz CT molecular complexity index is 448. The van der Waals surface area contributed by atoms with E-state index in [1.807, 2.05) is 12.1 Å². The Morgan fingerprint density at radius 2 is 1.87 bits per heavy atom. The Balaban J connectivity index is 2.31. The summed E-state index contributed by atoms with van der Waals surface area (Å²) in [6, 6.07) is 8.02. The molecule has 0 saturated carbocycles. The van der Waals surface area contributed by atoms with Crippen molar-refractivity contribution in [1.82, 2.24) is 10.1 Å². The van der Waals surface area contributed by atoms with Gasteiger partial charge in [-0.3, -0.25) is 0 Å². The topological polar surface area (TPSA) is 38.9 Å². The van der Waals surface area contributed by atoms with Gasteiger partial charge in [-0.1, -0.05) is 26.0 Å². The zero-order valence-corrected chi connectivity index (χ0v) is 9.32. The number of halogens is 1. The monoisotopic (exact) mass is 222 g/mol. The number of hydrogen-bond donors (Lipinski definition) is 0. The normalized spacial score (nSPS) is 10.9. The van der Waals surface area contributed by atoms with Gasteiger partial charge in [-0.25, -0.2) is 0 Å². The molecule has 2 aromatic rings. The van der Waals surface area contributed by atoms with Crippen molar-refractivity contribution < 1.29 is 4.52 Å². The first kappa shape index (κ1) is 10.2. The van der Waals surface area contributed by atoms with Gasteiger partial charge in [-0.2, -0.15) is 4.98 Å². The third kappa shape index (κ3) is 2.18. The van der Waals surface area contributed by atoms with Crippen LogP contribution in [0.25, 0.3) is 11.5 Å². The van der Waals surface area contributed by atoms with Crippen molar-refractivity contribution in [3.8, 4) is 11.5 Å². The van der Waals surface area contributed by atoms with Crippen LogP contribution in [0.1, 0.15) is 25.3 Å². The highest BCUT2D eigenvalue weighted by atomic mass is 35.5. The quantitative estimate of drug-likeness (QED) is 0.781. The van der Waals surface area contributed by atoms with E-state index in [0.29, 0.717) is 11.8 Å². The summed E-state index contributed by atoms with van der Waals surface area (Å²) >= 11 is 5.58. The van der Waals surface area contributed by atoms with Crippen LogP contribution < -0.4 is 0 Å². The summed E-state index contributed by atoms with van der Waals surface area (Å²) in [7, 11) is 0. The van der Waals surface area contributed by atoms with Crippen molar-refractivity contribution in [2.45, 2.75) is 19.8 Å². The summed E-state index contributed by atoms with van der Waals surface area (Å²) in [5.74, 6) is 0.973. The summed E-state index contributed by atoms with van der Waals surface area (Å²) in [4.78, 5) is 3.94. The standard InChI is InChI=1S/C11H11ClN2O/c1-7(2)8-3-5-9(6-4-8)10-13-11(12)14-15-10/h3-7H,1-2H3. The Labute approximate surface area is 93.1 Å². The molecule has 1 aromatic carbocycles. The van der Waals surface area contributed by atoms with Crippen molar-refractivity contribution in [3.05, 3.63) is 35.1 Å². The molecule has 0 aliphatic carbocycles. The molecule has 0 bridgehead atoms. The fraction of sp³-hybridized carbons (Fsp3) is 0.273. The van der Waals surface area contributed by atoms with Crippen molar-refractivity contribution in [2.75, 3.05) is 0 Å². The number of nitrogens with zero attached hydrogens (tertiary/aromatic N) is 2. The van der Waals surface area contributed by atoms with Gasteiger partial charge in [-0.05, 0) is 40.4 Å². The molecule has 0 saturated heterocycles. The van der Waals surface area contributed by atoms with Gasteiger partial charge in [0.25, 0.3) is 11.2 Å². The van der Waals surface area contributed by atoms with Crippen molar-refractivity contribution in [3.63, 3.8) is 0 Å². The Morgan fingerprint density at radius 3 is 2.33 bits per heavy atom. The summed E-state index contributed by atoms with van der Waals surface area (Å²) in [6.45, 7) is 4.30. The maximum absolute atomic E-state index is 5.58. The number of hydrogen-bond acceptors (Lipinski definition) is 3. The second-order valence-electron chi connectivity index (χ2n) is 3.65. The lowest BCUT2D eigenvalue weighted by Gasteiger charge is -2.04. The predicted molar refractivity (Wildman–Crippen MR) is 58.8 cm³/mol. The van der Waals surface area contributed by atoms with Gasteiger partial charge < -0.3 is 4.52 Å². The van der Waals surface area contributed by atoms with Gasteiger partial charge in [-0.15, -0.1) is 0 Å². The van der Waals surface area contributed by atoms with Gasteiger partial charge in [0.05, 0.1) is 0 Å². The second kappa shape index (κ2) is 4.03. The summed E-state index contributed by atoms with van der Waals surface area (Å²) < 4.78 is 4.96. The minimum Gasteiger partial charge on any atom is -0.333 e. The molecular weight excluding hydrogens is 212 g/mol. The Morgan fingerprint density at radius 1 is 1.20 bits per heavy atom. The van der Waals surface area contributed by atoms with Crippen LogP contribution in [0.2, 0.25) is 5.28 Å². The molecule has 78 valence electrons. The van der Waals surface area contributed by atoms with Crippen molar-refractivity contribution >= 4 is 11.6 Å². The van der Waals surface area contributed by atoms with E-state index in [-0.39, 0.29) is 5.28 Å². The van der Waals surface area contributed by atoms with Crippen LogP contribution in [-0.2, 0) is 0 Å². The highest BCUT2D eigenvalue weighted by Gasteiger charge is 2.07. The van der Waals surface area contributed by atoms with Gasteiger partial charge in [0.15, 0.2) is 0 Å². The summed E-state index contributed by atoms with van der Waals surface area (Å²) in [6.07, 6.45) is 0. The molecule has 0 N–H and O–H groups in total. The van der Waals surface area contributed by atoms with Crippen LogP contribution in [0.4, 0.5) is 0 Å². The molecule has 0 amide bonds. The van der Waals surface area contributed by atoms with Crippen LogP contribution >= 0.6 is 11.6 Å². The molecule has 1 heterocycles. The SMILES string of the molecule is CC(C)c1ccc(-c2nc(Cl)no2)cc1. The van der Waals surface area contributed by atoms with Gasteiger partial charge >= 0.3 is 0 Å². The van der Waals surface area contributed by atoms with Crippen molar-refractivity contribution in [2.24, 2.45) is 0 Å². The highest BCUT2D eigenvalue weighted by Crippen LogP contribution is 2.21. The molecule has 15 heavy (non-hydrogen) atoms. The van der Waals surface area contributed by atoms with E-state index in [1.165, 1.54) is 5.56 Å². The second-order valence-corrected chi connectivity index (χ2v) is 3.98. The molecular formula is C11H11ClN2O. The first-order valence-corrected chi connectivity index (χ1v) is 5.14. The Kier molecular flexibility index (Phi) is 2.73. The van der Waals surface area contributed by atoms with Gasteiger partial charge in [0.2, 0.25) is 0 Å². The number of aromatic nitrogens is 2. The van der Waals surface area contributed by atoms with E-state index < -0.39 is 0 Å². The van der Waals surface area contributed by atoms with Gasteiger partial charge in [0.1, 0.15) is 0 Å². The first-order chi connectivity index (χ1) is 7.16. The lowest BCUT2D eigenvalue weighted by Crippen LogP contribution is -1.86. The third-order valence-corrected chi connectivity index (χ3v) is 2.38. The maximum atomic E-state index is 5.58. The fourth-order valence-electron chi connectivity index (χ4n) is 1.33. The molecule has 0 fully saturated rings. The van der Waals surface area contributed by atoms with E-state index >= 15 is 0 Å². The van der Waals surface area contributed by atoms with E-state index in [2.05, 4.69) is 36.1 Å². The van der Waals surface area contributed by atoms with Crippen LogP contribution in [0.15, 0.2) is 28.8 Å². The average molecular weight is 223 g/mol. The first-order valence-electron chi connectivity index (χ1n) is 4.76. The third-order valence-electron chi connectivity index (χ3n) is 2.23. The van der Waals surface area contributed by atoms with E-state index in [4.69, 9.17) is 16.1 Å². The molecule has 0 aliphatic rings. The fourth-order valence-corrected chi connectivity index (χ4v) is 1.44. The molecule has 0 unspecified atom stereocenters. The minimum absolute atomic E-state index is 0.137. The van der Waals surface area contributed by atoms with Crippen LogP contribution in [-0.4, -0.2) is 10.1 Å². The molecule has 0 atom stereocenters. The van der Waals surface area contributed by atoms with Gasteiger partial charge in [0, 0.05) is 5.56 Å². The zero-order valence-electron chi connectivity index (χ0n) is 8.57. The van der Waals surface area contributed by atoms with Crippen LogP contribution in [0, 0.1) is 0 Å². The average Bonchev–Trinajstić information content (AvgIpc) is 2.65. The maximum Gasteiger partial charge on any atom is 0.264 e. The predicted octanol–water partition coefficient (Wildman–Crippen LogP) is 3.51. The minimum atomic E-state index is 0.137. The number of rotatable bonds is 2. The van der Waals surface area contributed by atoms with E-state index in [9.17, 15) is 0 Å². The summed E-state index contributed by atoms with van der Waals surface area (Å²) in [5, 5.41) is 3.67. The van der Waals surface area contributed by atoms with E-state index in [0.717, 1.165) is 5.56 Å². The number of benzene rings is 1. The Hall–Kier alpha value is -1.35. The lowest BCUT2D eigenvalue weighted by molar-refractivity contribution is 0.430. The molecule has 3 nitrogen and oxygen atoms in total. The smallest absolute Gasteiger partial charge is 0.264 e. The highest BCUT2D eigenvalue weighted by molar-refractivity contribution is 6.28. The molecule has 0 spiro atoms. The molecule has 0 aliphatic heterocycles. The largest absolute Gasteiger partial charge is 0.333 e. The van der Waals surface area contributed by atoms with Crippen LogP contribution in [0.3, 0.4) is 0 Å².